The second-order valence-electron chi connectivity index (χ2n) is 16.7. The molecule has 0 spiro atoms. The molecule has 2 heteroatoms. The Hall–Kier alpha value is -4.30. The molecule has 0 aliphatic heterocycles. The van der Waals surface area contributed by atoms with Crippen molar-refractivity contribution in [3.8, 4) is 0 Å². The minimum absolute atomic E-state index is 0.0805. The molecular formula is C46H56N2. The van der Waals surface area contributed by atoms with E-state index in [0.29, 0.717) is 0 Å². The van der Waals surface area contributed by atoms with Gasteiger partial charge in [0.1, 0.15) is 0 Å². The van der Waals surface area contributed by atoms with E-state index in [1.807, 2.05) is 0 Å². The lowest BCUT2D eigenvalue weighted by atomic mass is 9.84. The highest BCUT2D eigenvalue weighted by molar-refractivity contribution is 5.85. The van der Waals surface area contributed by atoms with Crippen LogP contribution in [0.2, 0.25) is 0 Å². The Kier molecular flexibility index (Phi) is 9.45. The third-order valence-corrected chi connectivity index (χ3v) is 9.53. The monoisotopic (exact) mass is 636 g/mol. The van der Waals surface area contributed by atoms with Gasteiger partial charge in [0.2, 0.25) is 0 Å². The van der Waals surface area contributed by atoms with E-state index < -0.39 is 0 Å². The van der Waals surface area contributed by atoms with Gasteiger partial charge in [-0.3, -0.25) is 0 Å². The lowest BCUT2D eigenvalue weighted by Gasteiger charge is -2.33. The molecule has 0 aliphatic carbocycles. The van der Waals surface area contributed by atoms with Gasteiger partial charge in [-0.25, -0.2) is 0 Å². The van der Waals surface area contributed by atoms with Crippen molar-refractivity contribution in [3.05, 3.63) is 142 Å². The molecule has 0 bridgehead atoms. The maximum absolute atomic E-state index is 2.44. The van der Waals surface area contributed by atoms with Crippen molar-refractivity contribution in [2.75, 3.05) is 9.80 Å². The van der Waals surface area contributed by atoms with Crippen molar-refractivity contribution in [1.82, 2.24) is 0 Å². The van der Waals surface area contributed by atoms with Crippen LogP contribution in [-0.4, -0.2) is 0 Å². The molecule has 0 aromatic heterocycles. The summed E-state index contributed by atoms with van der Waals surface area (Å²) in [4.78, 5) is 4.85. The Morgan fingerprint density at radius 1 is 0.333 bits per heavy atom. The highest BCUT2D eigenvalue weighted by Crippen LogP contribution is 2.44. The summed E-state index contributed by atoms with van der Waals surface area (Å²) in [7, 11) is 0. The molecular weight excluding hydrogens is 581 g/mol. The molecule has 0 saturated carbocycles. The smallest absolute Gasteiger partial charge is 0.0520 e. The van der Waals surface area contributed by atoms with E-state index in [9.17, 15) is 0 Å². The summed E-state index contributed by atoms with van der Waals surface area (Å²) in [5, 5.41) is 0. The van der Waals surface area contributed by atoms with Crippen molar-refractivity contribution < 1.29 is 0 Å². The lowest BCUT2D eigenvalue weighted by molar-refractivity contribution is 0.589. The number of hydrogen-bond donors (Lipinski definition) is 0. The summed E-state index contributed by atoms with van der Waals surface area (Å²) in [6.45, 7) is 29.6. The standard InChI is InChI=1S/C46H56N2/c1-31-27-36(45(8,9)10)28-32(2)42(31)47(38-17-15-14-16-18-38)40-23-25-41(26-24-40)48(39-21-19-35(20-22-39)44(5,6)7)43-33(3)29-37(30-34(43)4)46(11,12)13/h14-30H,1-13H3. The molecule has 5 rings (SSSR count). The summed E-state index contributed by atoms with van der Waals surface area (Å²) in [5.74, 6) is 0. The van der Waals surface area contributed by atoms with E-state index in [-0.39, 0.29) is 16.2 Å². The van der Waals surface area contributed by atoms with Gasteiger partial charge in [-0.1, -0.05) is 117 Å². The fourth-order valence-electron chi connectivity index (χ4n) is 6.74. The van der Waals surface area contributed by atoms with Gasteiger partial charge in [-0.2, -0.15) is 0 Å². The highest BCUT2D eigenvalue weighted by Gasteiger charge is 2.24. The predicted octanol–water partition coefficient (Wildman–Crippen LogP) is 13.8. The van der Waals surface area contributed by atoms with E-state index in [1.54, 1.807) is 0 Å². The minimum Gasteiger partial charge on any atom is -0.310 e. The average molecular weight is 637 g/mol. The third-order valence-electron chi connectivity index (χ3n) is 9.53. The lowest BCUT2D eigenvalue weighted by Crippen LogP contribution is -2.18. The molecule has 250 valence electrons. The largest absolute Gasteiger partial charge is 0.310 e. The molecule has 0 saturated heterocycles. The van der Waals surface area contributed by atoms with Gasteiger partial charge in [0, 0.05) is 22.7 Å². The molecule has 0 heterocycles. The quantitative estimate of drug-likeness (QED) is 0.183. The molecule has 0 atom stereocenters. The van der Waals surface area contributed by atoms with Gasteiger partial charge in [0.25, 0.3) is 0 Å². The van der Waals surface area contributed by atoms with Crippen molar-refractivity contribution >= 4 is 34.1 Å². The third kappa shape index (κ3) is 7.24. The van der Waals surface area contributed by atoms with Crippen LogP contribution in [0.1, 0.15) is 101 Å². The van der Waals surface area contributed by atoms with Gasteiger partial charge in [-0.05, 0) is 131 Å². The minimum atomic E-state index is 0.0805. The van der Waals surface area contributed by atoms with Crippen molar-refractivity contribution in [2.45, 2.75) is 106 Å². The van der Waals surface area contributed by atoms with Crippen molar-refractivity contribution in [1.29, 1.82) is 0 Å². The van der Waals surface area contributed by atoms with Crippen LogP contribution in [-0.2, 0) is 16.2 Å². The van der Waals surface area contributed by atoms with Crippen LogP contribution in [0.4, 0.5) is 34.1 Å². The van der Waals surface area contributed by atoms with E-state index in [1.165, 1.54) is 50.3 Å². The zero-order chi connectivity index (χ0) is 35.2. The molecule has 0 aliphatic rings. The zero-order valence-corrected chi connectivity index (χ0v) is 31.7. The predicted molar refractivity (Wildman–Crippen MR) is 211 cm³/mol. The summed E-state index contributed by atoms with van der Waals surface area (Å²) in [5.41, 5.74) is 16.5. The molecule has 0 unspecified atom stereocenters. The van der Waals surface area contributed by atoms with Crippen LogP contribution in [0.15, 0.2) is 103 Å². The number of para-hydroxylation sites is 1. The van der Waals surface area contributed by atoms with E-state index in [4.69, 9.17) is 0 Å². The maximum atomic E-state index is 2.44. The highest BCUT2D eigenvalue weighted by atomic mass is 15.2. The Labute approximate surface area is 291 Å². The summed E-state index contributed by atoms with van der Waals surface area (Å²) in [6, 6.07) is 38.5. The topological polar surface area (TPSA) is 6.48 Å². The Balaban J connectivity index is 1.67. The normalized spacial score (nSPS) is 12.3. The van der Waals surface area contributed by atoms with Crippen LogP contribution in [0.5, 0.6) is 0 Å². The van der Waals surface area contributed by atoms with Gasteiger partial charge in [-0.15, -0.1) is 0 Å². The molecule has 2 nitrogen and oxygen atoms in total. The van der Waals surface area contributed by atoms with E-state index in [0.717, 1.165) is 22.7 Å². The molecule has 0 N–H and O–H groups in total. The molecule has 5 aromatic rings. The Morgan fingerprint density at radius 2 is 0.604 bits per heavy atom. The van der Waals surface area contributed by atoms with E-state index in [2.05, 4.69) is 203 Å². The van der Waals surface area contributed by atoms with Gasteiger partial charge in [0.15, 0.2) is 0 Å². The first-order valence-electron chi connectivity index (χ1n) is 17.5. The molecule has 0 amide bonds. The second kappa shape index (κ2) is 13.0. The van der Waals surface area contributed by atoms with Gasteiger partial charge in [0.05, 0.1) is 11.4 Å². The average Bonchev–Trinajstić information content (AvgIpc) is 3.00. The zero-order valence-electron chi connectivity index (χ0n) is 31.7. The molecule has 0 radical (unpaired) electrons. The number of hydrogen-bond acceptors (Lipinski definition) is 2. The van der Waals surface area contributed by atoms with Crippen LogP contribution >= 0.6 is 0 Å². The van der Waals surface area contributed by atoms with Gasteiger partial charge < -0.3 is 9.80 Å². The maximum Gasteiger partial charge on any atom is 0.0520 e. The fraction of sp³-hybridized carbons (Fsp3) is 0.348. The summed E-state index contributed by atoms with van der Waals surface area (Å²) >= 11 is 0. The summed E-state index contributed by atoms with van der Waals surface area (Å²) < 4.78 is 0. The number of rotatable bonds is 6. The first-order valence-corrected chi connectivity index (χ1v) is 17.5. The van der Waals surface area contributed by atoms with Crippen molar-refractivity contribution in [2.24, 2.45) is 0 Å². The van der Waals surface area contributed by atoms with Crippen LogP contribution < -0.4 is 9.80 Å². The molecule has 5 aromatic carbocycles. The molecule has 0 fully saturated rings. The van der Waals surface area contributed by atoms with Crippen LogP contribution in [0, 0.1) is 27.7 Å². The number of nitrogens with zero attached hydrogens (tertiary/aromatic N) is 2. The fourth-order valence-corrected chi connectivity index (χ4v) is 6.74. The number of aryl methyl sites for hydroxylation is 4. The van der Waals surface area contributed by atoms with Crippen LogP contribution in [0.25, 0.3) is 0 Å². The first-order chi connectivity index (χ1) is 22.4. The number of benzene rings is 5. The Bertz CT molecular complexity index is 1830. The van der Waals surface area contributed by atoms with E-state index >= 15 is 0 Å². The Morgan fingerprint density at radius 3 is 0.896 bits per heavy atom. The first kappa shape index (κ1) is 35.0. The number of anilines is 6. The SMILES string of the molecule is Cc1cc(C(C)(C)C)cc(C)c1N(c1ccccc1)c1ccc(N(c2ccc(C(C)(C)C)cc2)c2c(C)cc(C(C)(C)C)cc2C)cc1. The van der Waals surface area contributed by atoms with Crippen LogP contribution in [0.3, 0.4) is 0 Å². The molecule has 48 heavy (non-hydrogen) atoms. The summed E-state index contributed by atoms with van der Waals surface area (Å²) in [6.07, 6.45) is 0. The second-order valence-corrected chi connectivity index (χ2v) is 16.7. The van der Waals surface area contributed by atoms with Gasteiger partial charge >= 0.3 is 0 Å². The van der Waals surface area contributed by atoms with Crippen molar-refractivity contribution in [3.63, 3.8) is 0 Å².